The Kier molecular flexibility index (Phi) is 7.27. The van der Waals surface area contributed by atoms with E-state index in [4.69, 9.17) is 4.74 Å². The summed E-state index contributed by atoms with van der Waals surface area (Å²) < 4.78 is 5.29. The molecule has 1 amide bonds. The molecule has 0 unspecified atom stereocenters. The molecule has 0 spiro atoms. The number of amides is 1. The number of anilines is 1. The lowest BCUT2D eigenvalue weighted by Crippen LogP contribution is -2.28. The third-order valence-electron chi connectivity index (χ3n) is 5.77. The van der Waals surface area contributed by atoms with E-state index in [0.717, 1.165) is 44.1 Å². The van der Waals surface area contributed by atoms with Crippen molar-refractivity contribution in [2.45, 2.75) is 79.6 Å². The van der Waals surface area contributed by atoms with Crippen LogP contribution >= 0.6 is 11.3 Å². The lowest BCUT2D eigenvalue weighted by atomic mass is 9.69. The molecule has 1 aliphatic rings. The van der Waals surface area contributed by atoms with Crippen molar-refractivity contribution in [1.29, 1.82) is 0 Å². The molecule has 1 aromatic heterocycles. The Labute approximate surface area is 161 Å². The summed E-state index contributed by atoms with van der Waals surface area (Å²) in [6, 6.07) is 0. The van der Waals surface area contributed by atoms with Gasteiger partial charge in [-0.05, 0) is 49.5 Å². The number of hydrogen-bond donors (Lipinski definition) is 1. The molecule has 4 nitrogen and oxygen atoms in total. The molecule has 0 bridgehead atoms. The van der Waals surface area contributed by atoms with Gasteiger partial charge in [-0.1, -0.05) is 40.5 Å². The molecule has 0 radical (unpaired) electrons. The van der Waals surface area contributed by atoms with Gasteiger partial charge in [0.25, 0.3) is 0 Å². The zero-order valence-corrected chi connectivity index (χ0v) is 17.7. The highest BCUT2D eigenvalue weighted by Crippen LogP contribution is 2.45. The molecule has 0 saturated heterocycles. The van der Waals surface area contributed by atoms with E-state index in [-0.39, 0.29) is 17.3 Å². The van der Waals surface area contributed by atoms with Gasteiger partial charge in [0, 0.05) is 11.3 Å². The molecule has 1 heterocycles. The minimum atomic E-state index is -0.302. The van der Waals surface area contributed by atoms with Crippen molar-refractivity contribution < 1.29 is 14.3 Å². The van der Waals surface area contributed by atoms with Crippen LogP contribution < -0.4 is 5.32 Å². The molecule has 26 heavy (non-hydrogen) atoms. The van der Waals surface area contributed by atoms with E-state index in [0.29, 0.717) is 29.5 Å². The van der Waals surface area contributed by atoms with Crippen LogP contribution in [-0.4, -0.2) is 18.5 Å². The Morgan fingerprint density at radius 1 is 1.27 bits per heavy atom. The first-order valence-electron chi connectivity index (χ1n) is 9.95. The van der Waals surface area contributed by atoms with E-state index in [1.807, 2.05) is 6.92 Å². The molecular formula is C21H33NO3S. The maximum Gasteiger partial charge on any atom is 0.341 e. The van der Waals surface area contributed by atoms with Crippen LogP contribution in [0.4, 0.5) is 5.00 Å². The number of unbranched alkanes of at least 4 members (excludes halogenated alkanes) is 1. The van der Waals surface area contributed by atoms with E-state index in [1.54, 1.807) is 11.3 Å². The fraction of sp³-hybridized carbons (Fsp3) is 0.714. The van der Waals surface area contributed by atoms with Gasteiger partial charge in [-0.2, -0.15) is 0 Å². The predicted molar refractivity (Wildman–Crippen MR) is 108 cm³/mol. The molecule has 2 rings (SSSR count). The lowest BCUT2D eigenvalue weighted by Gasteiger charge is -2.36. The SMILES string of the molecule is CCCCC(=O)Nc1sc2c(c1C(=O)OCC)CC[C@@H](C(C)(C)CC)C2. The summed E-state index contributed by atoms with van der Waals surface area (Å²) in [5.41, 5.74) is 1.99. The summed E-state index contributed by atoms with van der Waals surface area (Å²) in [7, 11) is 0. The summed E-state index contributed by atoms with van der Waals surface area (Å²) in [6.07, 6.45) is 6.43. The number of hydrogen-bond acceptors (Lipinski definition) is 4. The van der Waals surface area contributed by atoms with Crippen LogP contribution in [0.1, 0.15) is 87.5 Å². The average Bonchev–Trinajstić information content (AvgIpc) is 2.96. The monoisotopic (exact) mass is 379 g/mol. The number of thiophene rings is 1. The van der Waals surface area contributed by atoms with Crippen molar-refractivity contribution in [3.63, 3.8) is 0 Å². The highest BCUT2D eigenvalue weighted by molar-refractivity contribution is 7.17. The minimum absolute atomic E-state index is 0.0126. The number of carbonyl (C=O) groups is 2. The third kappa shape index (κ3) is 4.67. The second kappa shape index (κ2) is 9.03. The molecule has 1 aliphatic carbocycles. The summed E-state index contributed by atoms with van der Waals surface area (Å²) in [6.45, 7) is 11.1. The molecule has 146 valence electrons. The molecule has 0 saturated carbocycles. The van der Waals surface area contributed by atoms with E-state index < -0.39 is 0 Å². The van der Waals surface area contributed by atoms with Gasteiger partial charge in [-0.3, -0.25) is 4.79 Å². The van der Waals surface area contributed by atoms with Crippen molar-refractivity contribution in [3.05, 3.63) is 16.0 Å². The van der Waals surface area contributed by atoms with Crippen LogP contribution in [0.15, 0.2) is 0 Å². The zero-order chi connectivity index (χ0) is 19.3. The van der Waals surface area contributed by atoms with E-state index in [9.17, 15) is 9.59 Å². The first-order chi connectivity index (χ1) is 12.3. The quantitative estimate of drug-likeness (QED) is 0.599. The molecular weight excluding hydrogens is 346 g/mol. The highest BCUT2D eigenvalue weighted by atomic mass is 32.1. The van der Waals surface area contributed by atoms with Crippen LogP contribution in [0.5, 0.6) is 0 Å². The number of esters is 1. The van der Waals surface area contributed by atoms with Gasteiger partial charge < -0.3 is 10.1 Å². The number of carbonyl (C=O) groups excluding carboxylic acids is 2. The second-order valence-electron chi connectivity index (χ2n) is 7.86. The first-order valence-corrected chi connectivity index (χ1v) is 10.8. The van der Waals surface area contributed by atoms with Gasteiger partial charge in [0.05, 0.1) is 12.2 Å². The molecule has 1 aromatic rings. The van der Waals surface area contributed by atoms with Gasteiger partial charge in [0.1, 0.15) is 5.00 Å². The van der Waals surface area contributed by atoms with E-state index in [2.05, 4.69) is 33.0 Å². The van der Waals surface area contributed by atoms with Gasteiger partial charge in [-0.25, -0.2) is 4.79 Å². The standard InChI is InChI=1S/C21H33NO3S/c1-6-9-10-17(23)22-19-18(20(24)25-8-3)15-12-11-14(13-16(15)26-19)21(4,5)7-2/h14H,6-13H2,1-5H3,(H,22,23)/t14-/m1/s1. The Morgan fingerprint density at radius 2 is 2.00 bits per heavy atom. The van der Waals surface area contributed by atoms with Crippen molar-refractivity contribution in [2.75, 3.05) is 11.9 Å². The number of nitrogens with one attached hydrogen (secondary N) is 1. The first kappa shape index (κ1) is 20.9. The third-order valence-corrected chi connectivity index (χ3v) is 6.94. The van der Waals surface area contributed by atoms with Gasteiger partial charge >= 0.3 is 5.97 Å². The minimum Gasteiger partial charge on any atom is -0.462 e. The number of ether oxygens (including phenoxy) is 1. The van der Waals surface area contributed by atoms with Crippen LogP contribution in [0, 0.1) is 11.3 Å². The Balaban J connectivity index is 2.31. The van der Waals surface area contributed by atoms with Gasteiger partial charge in [0.2, 0.25) is 5.91 Å². The number of fused-ring (bicyclic) bond motifs is 1. The summed E-state index contributed by atoms with van der Waals surface area (Å²) in [5.74, 6) is 0.294. The van der Waals surface area contributed by atoms with Gasteiger partial charge in [0.15, 0.2) is 0 Å². The molecule has 1 atom stereocenters. The largest absolute Gasteiger partial charge is 0.462 e. The molecule has 0 fully saturated rings. The smallest absolute Gasteiger partial charge is 0.341 e. The molecule has 0 aromatic carbocycles. The van der Waals surface area contributed by atoms with Crippen LogP contribution in [0.3, 0.4) is 0 Å². The molecule has 1 N–H and O–H groups in total. The maximum atomic E-state index is 12.6. The van der Waals surface area contributed by atoms with Crippen molar-refractivity contribution in [3.8, 4) is 0 Å². The Hall–Kier alpha value is -1.36. The average molecular weight is 380 g/mol. The van der Waals surface area contributed by atoms with Crippen LogP contribution in [-0.2, 0) is 22.4 Å². The zero-order valence-electron chi connectivity index (χ0n) is 16.9. The van der Waals surface area contributed by atoms with E-state index in [1.165, 1.54) is 4.88 Å². The lowest BCUT2D eigenvalue weighted by molar-refractivity contribution is -0.116. The van der Waals surface area contributed by atoms with Crippen molar-refractivity contribution in [1.82, 2.24) is 0 Å². The fourth-order valence-corrected chi connectivity index (χ4v) is 4.91. The topological polar surface area (TPSA) is 55.4 Å². The highest BCUT2D eigenvalue weighted by Gasteiger charge is 2.35. The number of rotatable bonds is 8. The van der Waals surface area contributed by atoms with Crippen LogP contribution in [0.2, 0.25) is 0 Å². The van der Waals surface area contributed by atoms with Crippen molar-refractivity contribution in [2.24, 2.45) is 11.3 Å². The Bertz CT molecular complexity index is 648. The molecule has 5 heteroatoms. The predicted octanol–water partition coefficient (Wildman–Crippen LogP) is 5.59. The fourth-order valence-electron chi connectivity index (χ4n) is 3.58. The van der Waals surface area contributed by atoms with Crippen LogP contribution in [0.25, 0.3) is 0 Å². The molecule has 0 aliphatic heterocycles. The van der Waals surface area contributed by atoms with E-state index >= 15 is 0 Å². The summed E-state index contributed by atoms with van der Waals surface area (Å²) in [5, 5.41) is 3.67. The maximum absolute atomic E-state index is 12.6. The Morgan fingerprint density at radius 3 is 2.62 bits per heavy atom. The van der Waals surface area contributed by atoms with Gasteiger partial charge in [-0.15, -0.1) is 11.3 Å². The second-order valence-corrected chi connectivity index (χ2v) is 8.97. The summed E-state index contributed by atoms with van der Waals surface area (Å²) >= 11 is 1.58. The van der Waals surface area contributed by atoms with Crippen molar-refractivity contribution >= 4 is 28.2 Å². The normalized spacial score (nSPS) is 16.9. The summed E-state index contributed by atoms with van der Waals surface area (Å²) in [4.78, 5) is 26.0.